The van der Waals surface area contributed by atoms with Gasteiger partial charge in [-0.15, -0.1) is 6.58 Å². The lowest BCUT2D eigenvalue weighted by Crippen LogP contribution is -2.53. The van der Waals surface area contributed by atoms with Crippen molar-refractivity contribution in [1.29, 1.82) is 0 Å². The standard InChI is InChI=1S/C37H53NO3/c1-6-37-21-20-28-24-29(39)14-17-31(28)35(37)32(25-36(4)33(37)18-19-34(36)40)27-12-15-30(16-13-27)41-23-11-9-7-8-10-22-38(5)26(2)3/h6,12-17,24,26,32-35,39-40H,1,7-11,18-23,25H2,2-5H3/t32-,33-,34+,35+,36+,37+/m1/s1. The molecule has 224 valence electrons. The van der Waals surface area contributed by atoms with Gasteiger partial charge in [0, 0.05) is 12.0 Å². The third-order valence-electron chi connectivity index (χ3n) is 11.4. The van der Waals surface area contributed by atoms with Gasteiger partial charge in [-0.05, 0) is 136 Å². The number of benzene rings is 2. The van der Waals surface area contributed by atoms with Gasteiger partial charge in [-0.25, -0.2) is 0 Å². The van der Waals surface area contributed by atoms with Crippen LogP contribution in [0.25, 0.3) is 0 Å². The highest BCUT2D eigenvalue weighted by Crippen LogP contribution is 2.71. The van der Waals surface area contributed by atoms with E-state index >= 15 is 0 Å². The molecule has 41 heavy (non-hydrogen) atoms. The molecule has 0 saturated heterocycles. The molecular formula is C37H53NO3. The van der Waals surface area contributed by atoms with Crippen LogP contribution >= 0.6 is 0 Å². The predicted octanol–water partition coefficient (Wildman–Crippen LogP) is 8.23. The Morgan fingerprint density at radius 3 is 2.51 bits per heavy atom. The SMILES string of the molecule is C=C[C@@]12CCc3cc(O)ccc3[C@H]1[C@@H](c1ccc(OCCCCCCCN(C)C(C)C)cc1)C[C@@]1(C)[C@H]2CC[C@@H]1O. The number of phenolic OH excluding ortho intramolecular Hbond substituents is 1. The Morgan fingerprint density at radius 2 is 1.78 bits per heavy atom. The first kappa shape index (κ1) is 30.2. The topological polar surface area (TPSA) is 52.9 Å². The quantitative estimate of drug-likeness (QED) is 0.203. The van der Waals surface area contributed by atoms with E-state index in [1.165, 1.54) is 48.9 Å². The molecule has 5 rings (SSSR count). The van der Waals surface area contributed by atoms with E-state index in [0.717, 1.165) is 50.9 Å². The van der Waals surface area contributed by atoms with E-state index in [0.29, 0.717) is 23.6 Å². The molecule has 2 saturated carbocycles. The van der Waals surface area contributed by atoms with Crippen molar-refractivity contribution in [2.24, 2.45) is 16.7 Å². The number of aryl methyl sites for hydroxylation is 1. The van der Waals surface area contributed by atoms with Crippen LogP contribution in [-0.4, -0.2) is 47.5 Å². The molecule has 2 aromatic rings. The van der Waals surface area contributed by atoms with Crippen molar-refractivity contribution in [3.63, 3.8) is 0 Å². The highest BCUT2D eigenvalue weighted by molar-refractivity contribution is 5.46. The number of rotatable bonds is 12. The Bertz CT molecular complexity index is 1180. The Morgan fingerprint density at radius 1 is 1.05 bits per heavy atom. The molecule has 2 aromatic carbocycles. The van der Waals surface area contributed by atoms with Gasteiger partial charge in [0.15, 0.2) is 0 Å². The fraction of sp³-hybridized carbons (Fsp3) is 0.622. The Kier molecular flexibility index (Phi) is 9.21. The van der Waals surface area contributed by atoms with Crippen LogP contribution in [-0.2, 0) is 6.42 Å². The summed E-state index contributed by atoms with van der Waals surface area (Å²) in [5.41, 5.74) is 3.77. The van der Waals surface area contributed by atoms with Gasteiger partial charge in [-0.2, -0.15) is 0 Å². The minimum absolute atomic E-state index is 0.0571. The summed E-state index contributed by atoms with van der Waals surface area (Å²) in [6, 6.07) is 15.4. The first-order chi connectivity index (χ1) is 19.7. The van der Waals surface area contributed by atoms with E-state index in [1.54, 1.807) is 0 Å². The summed E-state index contributed by atoms with van der Waals surface area (Å²) in [5, 5.41) is 21.5. The molecule has 0 aliphatic heterocycles. The summed E-state index contributed by atoms with van der Waals surface area (Å²) >= 11 is 0. The summed E-state index contributed by atoms with van der Waals surface area (Å²) in [7, 11) is 2.21. The van der Waals surface area contributed by atoms with Gasteiger partial charge in [-0.3, -0.25) is 0 Å². The van der Waals surface area contributed by atoms with E-state index in [1.807, 2.05) is 12.1 Å². The van der Waals surface area contributed by atoms with E-state index < -0.39 is 0 Å². The summed E-state index contributed by atoms with van der Waals surface area (Å²) in [5.74, 6) is 2.28. The molecule has 0 bridgehead atoms. The summed E-state index contributed by atoms with van der Waals surface area (Å²) in [4.78, 5) is 2.42. The maximum absolute atomic E-state index is 11.3. The third-order valence-corrected chi connectivity index (χ3v) is 11.4. The van der Waals surface area contributed by atoms with Crippen molar-refractivity contribution >= 4 is 0 Å². The van der Waals surface area contributed by atoms with Crippen LogP contribution in [0.2, 0.25) is 0 Å². The van der Waals surface area contributed by atoms with Crippen LogP contribution in [0, 0.1) is 16.7 Å². The Labute approximate surface area is 248 Å². The van der Waals surface area contributed by atoms with Gasteiger partial charge in [0.05, 0.1) is 12.7 Å². The molecule has 0 aromatic heterocycles. The number of aliphatic hydroxyl groups is 1. The van der Waals surface area contributed by atoms with E-state index in [4.69, 9.17) is 4.74 Å². The summed E-state index contributed by atoms with van der Waals surface area (Å²) in [6.45, 7) is 13.2. The van der Waals surface area contributed by atoms with Gasteiger partial charge in [0.25, 0.3) is 0 Å². The van der Waals surface area contributed by atoms with Gasteiger partial charge in [0.2, 0.25) is 0 Å². The third kappa shape index (κ3) is 5.84. The molecule has 3 aliphatic rings. The second-order valence-corrected chi connectivity index (χ2v) is 13.9. The number of hydrogen-bond donors (Lipinski definition) is 2. The van der Waals surface area contributed by atoms with Gasteiger partial charge in [-0.1, -0.05) is 50.5 Å². The molecule has 0 unspecified atom stereocenters. The van der Waals surface area contributed by atoms with Gasteiger partial charge >= 0.3 is 0 Å². The van der Waals surface area contributed by atoms with Crippen molar-refractivity contribution < 1.29 is 14.9 Å². The molecule has 0 amide bonds. The van der Waals surface area contributed by atoms with Crippen LogP contribution in [0.5, 0.6) is 11.5 Å². The number of aliphatic hydroxyl groups excluding tert-OH is 1. The molecule has 0 spiro atoms. The zero-order chi connectivity index (χ0) is 29.2. The van der Waals surface area contributed by atoms with Crippen LogP contribution < -0.4 is 4.74 Å². The number of ether oxygens (including phenoxy) is 1. The van der Waals surface area contributed by atoms with Crippen molar-refractivity contribution in [2.45, 2.75) is 109 Å². The molecular weight excluding hydrogens is 506 g/mol. The average molecular weight is 560 g/mol. The minimum Gasteiger partial charge on any atom is -0.508 e. The highest BCUT2D eigenvalue weighted by Gasteiger charge is 2.63. The molecule has 0 radical (unpaired) electrons. The number of aromatic hydroxyl groups is 1. The van der Waals surface area contributed by atoms with Gasteiger partial charge < -0.3 is 19.8 Å². The monoisotopic (exact) mass is 559 g/mol. The largest absolute Gasteiger partial charge is 0.508 e. The predicted molar refractivity (Wildman–Crippen MR) is 169 cm³/mol. The maximum Gasteiger partial charge on any atom is 0.119 e. The van der Waals surface area contributed by atoms with Crippen LogP contribution in [0.3, 0.4) is 0 Å². The second kappa shape index (κ2) is 12.5. The number of nitrogens with zero attached hydrogens (tertiary/aromatic N) is 1. The number of phenols is 1. The number of allylic oxidation sites excluding steroid dienone is 1. The van der Waals surface area contributed by atoms with E-state index in [-0.39, 0.29) is 22.9 Å². The van der Waals surface area contributed by atoms with Crippen LogP contribution in [0.15, 0.2) is 55.1 Å². The maximum atomic E-state index is 11.3. The fourth-order valence-corrected chi connectivity index (χ4v) is 8.79. The summed E-state index contributed by atoms with van der Waals surface area (Å²) < 4.78 is 6.16. The molecule has 2 N–H and O–H groups in total. The van der Waals surface area contributed by atoms with Crippen molar-refractivity contribution in [3.05, 3.63) is 71.8 Å². The smallest absolute Gasteiger partial charge is 0.119 e. The molecule has 2 fully saturated rings. The zero-order valence-electron chi connectivity index (χ0n) is 25.9. The molecule has 0 heterocycles. The summed E-state index contributed by atoms with van der Waals surface area (Å²) in [6.07, 6.45) is 13.0. The van der Waals surface area contributed by atoms with Crippen LogP contribution in [0.4, 0.5) is 0 Å². The number of hydrogen-bond acceptors (Lipinski definition) is 4. The average Bonchev–Trinajstić information content (AvgIpc) is 3.27. The Hall–Kier alpha value is -2.30. The zero-order valence-corrected chi connectivity index (χ0v) is 25.9. The Balaban J connectivity index is 1.27. The lowest BCUT2D eigenvalue weighted by Gasteiger charge is -2.60. The van der Waals surface area contributed by atoms with Crippen molar-refractivity contribution in [2.75, 3.05) is 20.2 Å². The fourth-order valence-electron chi connectivity index (χ4n) is 8.79. The van der Waals surface area contributed by atoms with Crippen LogP contribution in [0.1, 0.15) is 107 Å². The first-order valence-corrected chi connectivity index (χ1v) is 16.3. The highest BCUT2D eigenvalue weighted by atomic mass is 16.5. The first-order valence-electron chi connectivity index (χ1n) is 16.3. The molecule has 6 atom stereocenters. The number of fused-ring (bicyclic) bond motifs is 5. The molecule has 3 aliphatic carbocycles. The molecule has 4 nitrogen and oxygen atoms in total. The van der Waals surface area contributed by atoms with Gasteiger partial charge in [0.1, 0.15) is 11.5 Å². The number of unbranched alkanes of at least 4 members (excludes halogenated alkanes) is 4. The normalized spacial score (nSPS) is 30.6. The molecule has 4 heteroatoms. The second-order valence-electron chi connectivity index (χ2n) is 13.9. The van der Waals surface area contributed by atoms with E-state index in [9.17, 15) is 10.2 Å². The minimum atomic E-state index is -0.271. The lowest BCUT2D eigenvalue weighted by atomic mass is 9.44. The lowest BCUT2D eigenvalue weighted by molar-refractivity contribution is -0.0630. The van der Waals surface area contributed by atoms with E-state index in [2.05, 4.69) is 75.7 Å². The van der Waals surface area contributed by atoms with Crippen molar-refractivity contribution in [1.82, 2.24) is 4.90 Å². The van der Waals surface area contributed by atoms with Crippen molar-refractivity contribution in [3.8, 4) is 11.5 Å².